The molecule has 2 aromatic carbocycles. The van der Waals surface area contributed by atoms with E-state index in [4.69, 9.17) is 20.2 Å². The number of hydrogen-bond acceptors (Lipinski definition) is 8. The average molecular weight is 521 g/mol. The maximum atomic E-state index is 14.0. The van der Waals surface area contributed by atoms with Crippen LogP contribution in [0.1, 0.15) is 25.3 Å². The first-order valence-corrected chi connectivity index (χ1v) is 12.7. The Kier molecular flexibility index (Phi) is 6.94. The van der Waals surface area contributed by atoms with E-state index in [0.29, 0.717) is 24.8 Å². The second kappa shape index (κ2) is 10.3. The lowest BCUT2D eigenvalue weighted by atomic mass is 10.0. The summed E-state index contributed by atoms with van der Waals surface area (Å²) >= 11 is 0. The molecule has 1 fully saturated rings. The highest BCUT2D eigenvalue weighted by molar-refractivity contribution is 5.91. The van der Waals surface area contributed by atoms with Crippen LogP contribution in [0.3, 0.4) is 0 Å². The maximum absolute atomic E-state index is 14.0. The van der Waals surface area contributed by atoms with Gasteiger partial charge in [-0.05, 0) is 36.8 Å². The summed E-state index contributed by atoms with van der Waals surface area (Å²) in [5, 5.41) is 1.74. The number of aromatic nitrogens is 4. The molecule has 2 N–H and O–H groups in total. The summed E-state index contributed by atoms with van der Waals surface area (Å²) < 4.78 is 14.6. The van der Waals surface area contributed by atoms with Gasteiger partial charge in [-0.3, -0.25) is 18.7 Å². The molecule has 0 spiro atoms. The molecule has 5 rings (SSSR count). The van der Waals surface area contributed by atoms with Crippen molar-refractivity contribution in [1.29, 1.82) is 0 Å². The van der Waals surface area contributed by atoms with Crippen LogP contribution in [0.15, 0.2) is 46.0 Å². The van der Waals surface area contributed by atoms with E-state index in [0.717, 1.165) is 35.7 Å². The van der Waals surface area contributed by atoms with Gasteiger partial charge in [0.25, 0.3) is 5.56 Å². The molecule has 0 bridgehead atoms. The van der Waals surface area contributed by atoms with Crippen molar-refractivity contribution >= 4 is 33.9 Å². The second-order valence-corrected chi connectivity index (χ2v) is 9.49. The molecule has 1 aliphatic rings. The van der Waals surface area contributed by atoms with E-state index in [2.05, 4.69) is 0 Å². The zero-order valence-electron chi connectivity index (χ0n) is 21.8. The molecule has 38 heavy (non-hydrogen) atoms. The van der Waals surface area contributed by atoms with E-state index < -0.39 is 17.2 Å². The largest absolute Gasteiger partial charge is 0.496 e. The van der Waals surface area contributed by atoms with Crippen LogP contribution in [0.5, 0.6) is 5.75 Å². The van der Waals surface area contributed by atoms with Crippen molar-refractivity contribution < 1.29 is 14.3 Å². The van der Waals surface area contributed by atoms with Gasteiger partial charge in [-0.2, -0.15) is 4.98 Å². The Morgan fingerprint density at radius 3 is 2.53 bits per heavy atom. The molecule has 3 heterocycles. The Balaban J connectivity index is 1.74. The first-order chi connectivity index (χ1) is 18.4. The number of carbonyl (C=O) groups is 1. The third kappa shape index (κ3) is 4.32. The minimum absolute atomic E-state index is 0.00820. The van der Waals surface area contributed by atoms with Crippen LogP contribution in [0.4, 0.5) is 5.95 Å². The summed E-state index contributed by atoms with van der Waals surface area (Å²) in [5.74, 6) is 0.658. The van der Waals surface area contributed by atoms with Gasteiger partial charge in [-0.15, -0.1) is 0 Å². The maximum Gasteiger partial charge on any atom is 0.333 e. The van der Waals surface area contributed by atoms with Gasteiger partial charge in [0.05, 0.1) is 20.8 Å². The quantitative estimate of drug-likeness (QED) is 0.365. The van der Waals surface area contributed by atoms with Gasteiger partial charge in [-0.25, -0.2) is 4.79 Å². The second-order valence-electron chi connectivity index (χ2n) is 9.49. The number of nitrogens with two attached hydrogens (primary N) is 1. The third-order valence-electron chi connectivity index (χ3n) is 7.19. The fourth-order valence-corrected chi connectivity index (χ4v) is 5.31. The number of ether oxygens (including phenoxy) is 2. The van der Waals surface area contributed by atoms with Crippen LogP contribution in [-0.2, 0) is 29.2 Å². The highest BCUT2D eigenvalue weighted by Gasteiger charge is 2.27. The number of imidazole rings is 1. The number of nitrogens with zero attached hydrogens (tertiary/aromatic N) is 5. The molecule has 0 saturated carbocycles. The Morgan fingerprint density at radius 2 is 1.84 bits per heavy atom. The molecule has 200 valence electrons. The molecule has 0 aliphatic carbocycles. The number of methoxy groups -OCH3 is 2. The summed E-state index contributed by atoms with van der Waals surface area (Å²) in [7, 11) is 2.86. The van der Waals surface area contributed by atoms with Crippen molar-refractivity contribution in [2.45, 2.75) is 45.4 Å². The summed E-state index contributed by atoms with van der Waals surface area (Å²) in [4.78, 5) is 46.8. The molecule has 0 amide bonds. The smallest absolute Gasteiger partial charge is 0.333 e. The Bertz CT molecular complexity index is 1640. The lowest BCUT2D eigenvalue weighted by Gasteiger charge is -2.31. The van der Waals surface area contributed by atoms with Gasteiger partial charge in [-0.1, -0.05) is 30.3 Å². The van der Waals surface area contributed by atoms with Crippen LogP contribution >= 0.6 is 0 Å². The molecule has 0 radical (unpaired) electrons. The lowest BCUT2D eigenvalue weighted by Crippen LogP contribution is -2.44. The minimum Gasteiger partial charge on any atom is -0.496 e. The van der Waals surface area contributed by atoms with E-state index in [1.54, 1.807) is 7.11 Å². The van der Waals surface area contributed by atoms with E-state index >= 15 is 0 Å². The SMILES string of the molecule is CCn1c(N2CCCC(N)C2)nc2c1c(=O)n(Cc1ccc(OC)c3ccccc13)c(=O)n2CC(=O)OC. The molecule has 11 heteroatoms. The molecular weight excluding hydrogens is 488 g/mol. The normalized spacial score (nSPS) is 15.8. The van der Waals surface area contributed by atoms with Gasteiger partial charge in [0, 0.05) is 31.1 Å². The molecule has 11 nitrogen and oxygen atoms in total. The molecule has 1 unspecified atom stereocenters. The molecule has 2 aromatic heterocycles. The number of carbonyl (C=O) groups excluding carboxylic acids is 1. The predicted molar refractivity (Wildman–Crippen MR) is 145 cm³/mol. The summed E-state index contributed by atoms with van der Waals surface area (Å²) in [5.41, 5.74) is 6.33. The van der Waals surface area contributed by atoms with Gasteiger partial charge >= 0.3 is 11.7 Å². The number of aryl methyl sites for hydroxylation is 1. The van der Waals surface area contributed by atoms with E-state index in [1.165, 1.54) is 16.2 Å². The summed E-state index contributed by atoms with van der Waals surface area (Å²) in [6.07, 6.45) is 1.82. The number of esters is 1. The molecule has 1 atom stereocenters. The van der Waals surface area contributed by atoms with Crippen molar-refractivity contribution in [2.75, 3.05) is 32.2 Å². The van der Waals surface area contributed by atoms with Gasteiger partial charge in [0.2, 0.25) is 5.95 Å². The first kappa shape index (κ1) is 25.5. The van der Waals surface area contributed by atoms with Crippen molar-refractivity contribution in [1.82, 2.24) is 18.7 Å². The number of anilines is 1. The Labute approximate surface area is 219 Å². The highest BCUT2D eigenvalue weighted by Crippen LogP contribution is 2.29. The van der Waals surface area contributed by atoms with E-state index in [1.807, 2.05) is 52.8 Å². The number of fused-ring (bicyclic) bond motifs is 2. The highest BCUT2D eigenvalue weighted by atomic mass is 16.5. The van der Waals surface area contributed by atoms with Crippen LogP contribution in [0.25, 0.3) is 21.9 Å². The van der Waals surface area contributed by atoms with Crippen LogP contribution in [0, 0.1) is 0 Å². The fraction of sp³-hybridized carbons (Fsp3) is 0.407. The number of rotatable bonds is 7. The zero-order valence-corrected chi connectivity index (χ0v) is 21.8. The molecule has 4 aromatic rings. The third-order valence-corrected chi connectivity index (χ3v) is 7.19. The predicted octanol–water partition coefficient (Wildman–Crippen LogP) is 1.69. The van der Waals surface area contributed by atoms with Gasteiger partial charge in [0.15, 0.2) is 11.2 Å². The van der Waals surface area contributed by atoms with E-state index in [-0.39, 0.29) is 30.3 Å². The standard InChI is InChI=1S/C27H32N6O5/c1-4-31-23-24(29-26(31)30-13-7-8-18(28)15-30)32(16-22(34)38-3)27(36)33(25(23)35)14-17-11-12-21(37-2)20-10-6-5-9-19(17)20/h5-6,9-12,18H,4,7-8,13-16,28H2,1-3H3. The van der Waals surface area contributed by atoms with Crippen molar-refractivity contribution in [3.05, 3.63) is 62.8 Å². The topological polar surface area (TPSA) is 127 Å². The number of hydrogen-bond donors (Lipinski definition) is 1. The van der Waals surface area contributed by atoms with Crippen molar-refractivity contribution in [3.63, 3.8) is 0 Å². The van der Waals surface area contributed by atoms with Crippen LogP contribution in [0.2, 0.25) is 0 Å². The van der Waals surface area contributed by atoms with E-state index in [9.17, 15) is 14.4 Å². The Morgan fingerprint density at radius 1 is 1.08 bits per heavy atom. The minimum atomic E-state index is -0.629. The van der Waals surface area contributed by atoms with Gasteiger partial charge in [0.1, 0.15) is 12.3 Å². The van der Waals surface area contributed by atoms with Crippen molar-refractivity contribution in [3.8, 4) is 5.75 Å². The van der Waals surface area contributed by atoms with Crippen LogP contribution in [-0.4, -0.2) is 58.0 Å². The van der Waals surface area contributed by atoms with Gasteiger partial charge < -0.3 is 24.7 Å². The average Bonchev–Trinajstić information content (AvgIpc) is 3.33. The number of benzene rings is 2. The fourth-order valence-electron chi connectivity index (χ4n) is 5.31. The molecule has 1 aliphatic heterocycles. The number of piperidine rings is 1. The zero-order chi connectivity index (χ0) is 27.0. The van der Waals surface area contributed by atoms with Crippen LogP contribution < -0.4 is 26.6 Å². The molecule has 1 saturated heterocycles. The molecular formula is C27H32N6O5. The first-order valence-electron chi connectivity index (χ1n) is 12.7. The monoisotopic (exact) mass is 520 g/mol. The lowest BCUT2D eigenvalue weighted by molar-refractivity contribution is -0.141. The Hall–Kier alpha value is -4.12. The summed E-state index contributed by atoms with van der Waals surface area (Å²) in [6.45, 7) is 3.36. The van der Waals surface area contributed by atoms with Crippen molar-refractivity contribution in [2.24, 2.45) is 5.73 Å². The summed E-state index contributed by atoms with van der Waals surface area (Å²) in [6, 6.07) is 11.3.